The zero-order valence-corrected chi connectivity index (χ0v) is 16.5. The van der Waals surface area contributed by atoms with Crippen molar-refractivity contribution in [3.05, 3.63) is 65.7 Å². The van der Waals surface area contributed by atoms with Gasteiger partial charge in [0.1, 0.15) is 0 Å². The van der Waals surface area contributed by atoms with Crippen molar-refractivity contribution in [1.82, 2.24) is 0 Å². The van der Waals surface area contributed by atoms with Gasteiger partial charge in [0.05, 0.1) is 5.69 Å². The Kier molecular flexibility index (Phi) is 8.14. The minimum atomic E-state index is -0.788. The van der Waals surface area contributed by atoms with E-state index in [-0.39, 0.29) is 12.3 Å². The van der Waals surface area contributed by atoms with E-state index >= 15 is 0 Å². The number of anilines is 1. The van der Waals surface area contributed by atoms with Crippen LogP contribution in [0.4, 0.5) is 5.69 Å². The fourth-order valence-corrected chi connectivity index (χ4v) is 3.40. The lowest BCUT2D eigenvalue weighted by atomic mass is 10.0. The Labute approximate surface area is 164 Å². The van der Waals surface area contributed by atoms with Crippen molar-refractivity contribution in [3.8, 4) is 0 Å². The van der Waals surface area contributed by atoms with Crippen molar-refractivity contribution in [2.24, 2.45) is 0 Å². The van der Waals surface area contributed by atoms with Gasteiger partial charge in [-0.15, -0.1) is 11.8 Å². The predicted octanol–water partition coefficient (Wildman–Crippen LogP) is 5.42. The molecule has 0 unspecified atom stereocenters. The molecule has 1 amide bonds. The lowest BCUT2D eigenvalue weighted by Gasteiger charge is -2.09. The first-order valence-electron chi connectivity index (χ1n) is 8.98. The molecule has 2 aromatic rings. The number of aliphatic carboxylic acids is 1. The number of hydrogen-bond donors (Lipinski definition) is 2. The highest BCUT2D eigenvalue weighted by Gasteiger charge is 2.06. The maximum atomic E-state index is 12.2. The molecule has 0 fully saturated rings. The minimum Gasteiger partial charge on any atom is -0.481 e. The van der Waals surface area contributed by atoms with E-state index in [2.05, 4.69) is 31.3 Å². The third-order valence-corrected chi connectivity index (χ3v) is 5.13. The van der Waals surface area contributed by atoms with Gasteiger partial charge in [-0.3, -0.25) is 9.59 Å². The van der Waals surface area contributed by atoms with Crippen LogP contribution in [0, 0.1) is 0 Å². The van der Waals surface area contributed by atoms with Crippen LogP contribution in [0.3, 0.4) is 0 Å². The molecule has 0 aliphatic heterocycles. The first-order valence-corrected chi connectivity index (χ1v) is 9.97. The summed E-state index contributed by atoms with van der Waals surface area (Å²) in [6, 6.07) is 15.7. The largest absolute Gasteiger partial charge is 0.481 e. The Morgan fingerprint density at radius 3 is 2.48 bits per heavy atom. The standard InChI is InChI=1S/C22H25NO3S/c1-16(2)18-12-9-17(10-13-18)11-14-21(24)23-19-6-3-4-7-20(19)27-15-5-8-22(25)26/h3-4,6-7,9-14,16H,5,8,15H2,1-2H3,(H,23,24)(H,25,26). The van der Waals surface area contributed by atoms with Gasteiger partial charge in [-0.2, -0.15) is 0 Å². The second-order valence-corrected chi connectivity index (χ2v) is 7.62. The quantitative estimate of drug-likeness (QED) is 0.345. The number of carbonyl (C=O) groups excluding carboxylic acids is 1. The number of carbonyl (C=O) groups is 2. The highest BCUT2D eigenvalue weighted by molar-refractivity contribution is 7.99. The van der Waals surface area contributed by atoms with E-state index in [1.807, 2.05) is 36.4 Å². The molecule has 0 radical (unpaired) electrons. The number of para-hydroxylation sites is 1. The summed E-state index contributed by atoms with van der Waals surface area (Å²) >= 11 is 1.55. The van der Waals surface area contributed by atoms with Crippen LogP contribution in [0.5, 0.6) is 0 Å². The molecular weight excluding hydrogens is 358 g/mol. The van der Waals surface area contributed by atoms with Crippen molar-refractivity contribution < 1.29 is 14.7 Å². The molecule has 2 aromatic carbocycles. The Hall–Kier alpha value is -2.53. The summed E-state index contributed by atoms with van der Waals surface area (Å²) in [5.41, 5.74) is 2.99. The van der Waals surface area contributed by atoms with Crippen LogP contribution in [-0.4, -0.2) is 22.7 Å². The average Bonchev–Trinajstić information content (AvgIpc) is 2.65. The summed E-state index contributed by atoms with van der Waals surface area (Å²) in [4.78, 5) is 23.8. The lowest BCUT2D eigenvalue weighted by molar-refractivity contribution is -0.137. The SMILES string of the molecule is CC(C)c1ccc(C=CC(=O)Nc2ccccc2SCCCC(=O)O)cc1. The molecule has 2 rings (SSSR count). The summed E-state index contributed by atoms with van der Waals surface area (Å²) in [6.07, 6.45) is 4.06. The molecule has 27 heavy (non-hydrogen) atoms. The second kappa shape index (κ2) is 10.6. The Morgan fingerprint density at radius 2 is 1.81 bits per heavy atom. The number of benzene rings is 2. The van der Waals surface area contributed by atoms with Crippen molar-refractivity contribution in [2.75, 3.05) is 11.1 Å². The van der Waals surface area contributed by atoms with Crippen molar-refractivity contribution in [1.29, 1.82) is 0 Å². The lowest BCUT2D eigenvalue weighted by Crippen LogP contribution is -2.08. The Morgan fingerprint density at radius 1 is 1.11 bits per heavy atom. The van der Waals surface area contributed by atoms with Gasteiger partial charge in [-0.05, 0) is 47.4 Å². The molecule has 0 saturated carbocycles. The normalized spacial score (nSPS) is 11.1. The van der Waals surface area contributed by atoms with Gasteiger partial charge in [-0.25, -0.2) is 0 Å². The number of nitrogens with one attached hydrogen (secondary N) is 1. The van der Waals surface area contributed by atoms with Gasteiger partial charge < -0.3 is 10.4 Å². The fourth-order valence-electron chi connectivity index (χ4n) is 2.44. The van der Waals surface area contributed by atoms with Crippen molar-refractivity contribution in [3.63, 3.8) is 0 Å². The highest BCUT2D eigenvalue weighted by atomic mass is 32.2. The van der Waals surface area contributed by atoms with Crippen LogP contribution in [0.2, 0.25) is 0 Å². The van der Waals surface area contributed by atoms with Gasteiger partial charge >= 0.3 is 5.97 Å². The van der Waals surface area contributed by atoms with Gasteiger partial charge in [-0.1, -0.05) is 50.2 Å². The monoisotopic (exact) mass is 383 g/mol. The maximum absolute atomic E-state index is 12.2. The molecule has 0 aromatic heterocycles. The summed E-state index contributed by atoms with van der Waals surface area (Å²) in [5.74, 6) is 0.193. The van der Waals surface area contributed by atoms with E-state index in [1.54, 1.807) is 17.8 Å². The first kappa shape index (κ1) is 20.8. The fraction of sp³-hybridized carbons (Fsp3) is 0.273. The van der Waals surface area contributed by atoms with Gasteiger partial charge in [0, 0.05) is 17.4 Å². The van der Waals surface area contributed by atoms with E-state index in [4.69, 9.17) is 5.11 Å². The summed E-state index contributed by atoms with van der Waals surface area (Å²) in [6.45, 7) is 4.30. The predicted molar refractivity (Wildman–Crippen MR) is 112 cm³/mol. The van der Waals surface area contributed by atoms with E-state index in [1.165, 1.54) is 11.6 Å². The van der Waals surface area contributed by atoms with E-state index in [9.17, 15) is 9.59 Å². The molecule has 4 nitrogen and oxygen atoms in total. The van der Waals surface area contributed by atoms with Crippen molar-refractivity contribution >= 4 is 35.4 Å². The number of rotatable bonds is 9. The maximum Gasteiger partial charge on any atom is 0.303 e. The second-order valence-electron chi connectivity index (χ2n) is 6.49. The molecule has 0 atom stereocenters. The molecular formula is C22H25NO3S. The average molecular weight is 384 g/mol. The number of hydrogen-bond acceptors (Lipinski definition) is 3. The van der Waals surface area contributed by atoms with Gasteiger partial charge in [0.25, 0.3) is 0 Å². The van der Waals surface area contributed by atoms with Gasteiger partial charge in [0.15, 0.2) is 0 Å². The van der Waals surface area contributed by atoms with Crippen LogP contribution >= 0.6 is 11.8 Å². The van der Waals surface area contributed by atoms with Crippen molar-refractivity contribution in [2.45, 2.75) is 37.5 Å². The molecule has 0 heterocycles. The number of thioether (sulfide) groups is 1. The number of carboxylic acid groups (broad SMARTS) is 1. The molecule has 5 heteroatoms. The molecule has 0 spiro atoms. The molecule has 2 N–H and O–H groups in total. The molecule has 0 aliphatic carbocycles. The Bertz CT molecular complexity index is 797. The smallest absolute Gasteiger partial charge is 0.303 e. The van der Waals surface area contributed by atoms with Crippen LogP contribution in [0.15, 0.2) is 59.5 Å². The Balaban J connectivity index is 1.93. The molecule has 0 aliphatic rings. The minimum absolute atomic E-state index is 0.153. The number of carboxylic acids is 1. The van der Waals surface area contributed by atoms with Crippen LogP contribution in [0.1, 0.15) is 43.7 Å². The van der Waals surface area contributed by atoms with E-state index in [0.29, 0.717) is 18.1 Å². The van der Waals surface area contributed by atoms with Crippen LogP contribution in [0.25, 0.3) is 6.08 Å². The highest BCUT2D eigenvalue weighted by Crippen LogP contribution is 2.27. The van der Waals surface area contributed by atoms with Gasteiger partial charge in [0.2, 0.25) is 5.91 Å². The zero-order chi connectivity index (χ0) is 19.6. The third-order valence-electron chi connectivity index (χ3n) is 3.97. The molecule has 0 bridgehead atoms. The molecule has 0 saturated heterocycles. The van der Waals surface area contributed by atoms with Crippen LogP contribution in [-0.2, 0) is 9.59 Å². The summed E-state index contributed by atoms with van der Waals surface area (Å²) < 4.78 is 0. The first-order chi connectivity index (χ1) is 13.0. The third kappa shape index (κ3) is 7.31. The van der Waals surface area contributed by atoms with Crippen LogP contribution < -0.4 is 5.32 Å². The van der Waals surface area contributed by atoms with E-state index in [0.717, 1.165) is 16.1 Å². The topological polar surface area (TPSA) is 66.4 Å². The zero-order valence-electron chi connectivity index (χ0n) is 15.6. The summed E-state index contributed by atoms with van der Waals surface area (Å²) in [5, 5.41) is 11.6. The molecule has 142 valence electrons. The van der Waals surface area contributed by atoms with E-state index < -0.39 is 5.97 Å². The summed E-state index contributed by atoms with van der Waals surface area (Å²) in [7, 11) is 0. The number of amides is 1.